The lowest BCUT2D eigenvalue weighted by Crippen LogP contribution is -2.33. The fourth-order valence-corrected chi connectivity index (χ4v) is 3.35. The number of rotatable bonds is 5. The number of carbonyl (C=O) groups excluding carboxylic acids is 1. The van der Waals surface area contributed by atoms with Gasteiger partial charge in [0.1, 0.15) is 11.5 Å². The van der Waals surface area contributed by atoms with E-state index < -0.39 is 0 Å². The van der Waals surface area contributed by atoms with Crippen molar-refractivity contribution in [1.29, 1.82) is 0 Å². The van der Waals surface area contributed by atoms with Crippen molar-refractivity contribution in [1.82, 2.24) is 5.32 Å². The summed E-state index contributed by atoms with van der Waals surface area (Å²) in [5.41, 5.74) is 1.77. The molecular weight excluding hydrogens is 302 g/mol. The normalized spacial score (nSPS) is 17.4. The lowest BCUT2D eigenvalue weighted by Gasteiger charge is -2.27. The third-order valence-electron chi connectivity index (χ3n) is 4.85. The second kappa shape index (κ2) is 6.29. The molecule has 1 aliphatic carbocycles. The van der Waals surface area contributed by atoms with E-state index in [0.717, 1.165) is 35.5 Å². The summed E-state index contributed by atoms with van der Waals surface area (Å²) in [4.78, 5) is 12.8. The van der Waals surface area contributed by atoms with Gasteiger partial charge in [0.05, 0.1) is 12.0 Å². The molecule has 2 N–H and O–H groups in total. The Morgan fingerprint density at radius 3 is 2.25 bits per heavy atom. The molecule has 0 radical (unpaired) electrons. The van der Waals surface area contributed by atoms with Crippen LogP contribution in [0.25, 0.3) is 0 Å². The molecule has 2 aromatic rings. The summed E-state index contributed by atoms with van der Waals surface area (Å²) in [5, 5.41) is 12.9. The number of nitrogens with one attached hydrogen (secondary N) is 1. The smallest absolute Gasteiger partial charge is 0.232 e. The molecule has 2 aliphatic rings. The van der Waals surface area contributed by atoms with Crippen LogP contribution < -0.4 is 10.1 Å². The molecule has 0 spiro atoms. The lowest BCUT2D eigenvalue weighted by atomic mass is 9.87. The number of aliphatic hydroxyl groups is 1. The van der Waals surface area contributed by atoms with Gasteiger partial charge in [0.25, 0.3) is 0 Å². The standard InChI is InChI=1S/C20H21NO3/c22-16(13-9-10-13)11-12-21-20(23)19-14-5-1-3-7-17(14)24-18-8-4-2-6-15(18)19/h1-8,13,16,19,22H,9-12H2,(H,21,23)/t16-/m1/s1. The van der Waals surface area contributed by atoms with E-state index in [0.29, 0.717) is 18.9 Å². The lowest BCUT2D eigenvalue weighted by molar-refractivity contribution is -0.121. The monoisotopic (exact) mass is 323 g/mol. The number of ether oxygens (including phenoxy) is 1. The van der Waals surface area contributed by atoms with E-state index in [2.05, 4.69) is 5.32 Å². The molecule has 0 unspecified atom stereocenters. The minimum Gasteiger partial charge on any atom is -0.457 e. The maximum atomic E-state index is 12.8. The third-order valence-corrected chi connectivity index (χ3v) is 4.85. The SMILES string of the molecule is O=C(NCC[C@@H](O)C1CC1)C1c2ccccc2Oc2ccccc21. The van der Waals surface area contributed by atoms with E-state index in [-0.39, 0.29) is 17.9 Å². The molecule has 1 fully saturated rings. The van der Waals surface area contributed by atoms with Crippen LogP contribution in [0.5, 0.6) is 11.5 Å². The zero-order valence-corrected chi connectivity index (χ0v) is 13.4. The second-order valence-corrected chi connectivity index (χ2v) is 6.60. The number of carbonyl (C=O) groups is 1. The molecule has 4 rings (SSSR count). The summed E-state index contributed by atoms with van der Waals surface area (Å²) in [6.07, 6.45) is 2.54. The van der Waals surface area contributed by atoms with E-state index in [9.17, 15) is 9.90 Å². The Balaban J connectivity index is 1.53. The highest BCUT2D eigenvalue weighted by Crippen LogP contribution is 2.43. The first-order chi connectivity index (χ1) is 11.7. The molecule has 124 valence electrons. The number of fused-ring (bicyclic) bond motifs is 2. The van der Waals surface area contributed by atoms with Crippen LogP contribution in [0.4, 0.5) is 0 Å². The Morgan fingerprint density at radius 1 is 1.08 bits per heavy atom. The van der Waals surface area contributed by atoms with Gasteiger partial charge in [-0.3, -0.25) is 4.79 Å². The van der Waals surface area contributed by atoms with Gasteiger partial charge < -0.3 is 15.2 Å². The van der Waals surface area contributed by atoms with E-state index in [1.165, 1.54) is 0 Å². The Kier molecular flexibility index (Phi) is 3.98. The number of para-hydroxylation sites is 2. The van der Waals surface area contributed by atoms with Crippen LogP contribution in [0, 0.1) is 5.92 Å². The largest absolute Gasteiger partial charge is 0.457 e. The average molecular weight is 323 g/mol. The summed E-state index contributed by atoms with van der Waals surface area (Å²) < 4.78 is 5.92. The molecule has 1 aliphatic heterocycles. The van der Waals surface area contributed by atoms with Crippen LogP contribution in [0.2, 0.25) is 0 Å². The van der Waals surface area contributed by atoms with Gasteiger partial charge in [-0.15, -0.1) is 0 Å². The first-order valence-corrected chi connectivity index (χ1v) is 8.55. The fourth-order valence-electron chi connectivity index (χ4n) is 3.35. The summed E-state index contributed by atoms with van der Waals surface area (Å²) in [6.45, 7) is 0.498. The van der Waals surface area contributed by atoms with Gasteiger partial charge in [0, 0.05) is 17.7 Å². The van der Waals surface area contributed by atoms with Crippen LogP contribution in [0.15, 0.2) is 48.5 Å². The van der Waals surface area contributed by atoms with Crippen LogP contribution in [-0.4, -0.2) is 23.7 Å². The maximum Gasteiger partial charge on any atom is 0.232 e. The van der Waals surface area contributed by atoms with Gasteiger partial charge in [-0.25, -0.2) is 0 Å². The Bertz CT molecular complexity index is 709. The number of aliphatic hydroxyl groups excluding tert-OH is 1. The van der Waals surface area contributed by atoms with E-state index in [1.807, 2.05) is 48.5 Å². The predicted molar refractivity (Wildman–Crippen MR) is 91.2 cm³/mol. The summed E-state index contributed by atoms with van der Waals surface area (Å²) >= 11 is 0. The van der Waals surface area contributed by atoms with Gasteiger partial charge in [0.15, 0.2) is 0 Å². The highest BCUT2D eigenvalue weighted by atomic mass is 16.5. The molecule has 0 saturated heterocycles. The van der Waals surface area contributed by atoms with Crippen molar-refractivity contribution >= 4 is 5.91 Å². The van der Waals surface area contributed by atoms with Crippen molar-refractivity contribution < 1.29 is 14.6 Å². The molecule has 2 aromatic carbocycles. The van der Waals surface area contributed by atoms with Crippen molar-refractivity contribution in [3.8, 4) is 11.5 Å². The van der Waals surface area contributed by atoms with Crippen LogP contribution in [0.3, 0.4) is 0 Å². The van der Waals surface area contributed by atoms with Gasteiger partial charge in [-0.2, -0.15) is 0 Å². The minimum absolute atomic E-state index is 0.0406. The zero-order valence-electron chi connectivity index (χ0n) is 13.4. The Morgan fingerprint density at radius 2 is 1.67 bits per heavy atom. The quantitative estimate of drug-likeness (QED) is 0.888. The van der Waals surface area contributed by atoms with Crippen molar-refractivity contribution in [2.75, 3.05) is 6.54 Å². The summed E-state index contributed by atoms with van der Waals surface area (Å²) in [5.74, 6) is 1.49. The Labute approximate surface area is 141 Å². The van der Waals surface area contributed by atoms with Crippen molar-refractivity contribution in [3.63, 3.8) is 0 Å². The molecule has 1 amide bonds. The number of benzene rings is 2. The van der Waals surface area contributed by atoms with Crippen LogP contribution in [-0.2, 0) is 4.79 Å². The first-order valence-electron chi connectivity index (χ1n) is 8.55. The number of hydrogen-bond donors (Lipinski definition) is 2. The van der Waals surface area contributed by atoms with Gasteiger partial charge in [-0.05, 0) is 37.3 Å². The van der Waals surface area contributed by atoms with Gasteiger partial charge in [0.2, 0.25) is 5.91 Å². The second-order valence-electron chi connectivity index (χ2n) is 6.60. The molecule has 1 heterocycles. The van der Waals surface area contributed by atoms with Crippen LogP contribution in [0.1, 0.15) is 36.3 Å². The molecule has 24 heavy (non-hydrogen) atoms. The van der Waals surface area contributed by atoms with Crippen molar-refractivity contribution in [2.45, 2.75) is 31.3 Å². The molecule has 4 heteroatoms. The topological polar surface area (TPSA) is 58.6 Å². The maximum absolute atomic E-state index is 12.8. The molecule has 0 bridgehead atoms. The minimum atomic E-state index is -0.371. The fraction of sp³-hybridized carbons (Fsp3) is 0.350. The molecule has 1 saturated carbocycles. The zero-order chi connectivity index (χ0) is 16.5. The third kappa shape index (κ3) is 2.89. The number of hydrogen-bond acceptors (Lipinski definition) is 3. The summed E-state index contributed by atoms with van der Waals surface area (Å²) in [6, 6.07) is 15.3. The van der Waals surface area contributed by atoms with Crippen molar-refractivity contribution in [3.05, 3.63) is 59.7 Å². The molecular formula is C20H21NO3. The van der Waals surface area contributed by atoms with E-state index in [1.54, 1.807) is 0 Å². The average Bonchev–Trinajstić information content (AvgIpc) is 3.44. The molecule has 4 nitrogen and oxygen atoms in total. The van der Waals surface area contributed by atoms with E-state index >= 15 is 0 Å². The molecule has 0 aromatic heterocycles. The highest BCUT2D eigenvalue weighted by Gasteiger charge is 2.33. The highest BCUT2D eigenvalue weighted by molar-refractivity contribution is 5.89. The number of amides is 1. The van der Waals surface area contributed by atoms with E-state index in [4.69, 9.17) is 4.74 Å². The molecule has 1 atom stereocenters. The van der Waals surface area contributed by atoms with Crippen molar-refractivity contribution in [2.24, 2.45) is 5.92 Å². The first kappa shape index (κ1) is 15.2. The van der Waals surface area contributed by atoms with Gasteiger partial charge >= 0.3 is 0 Å². The summed E-state index contributed by atoms with van der Waals surface area (Å²) in [7, 11) is 0. The Hall–Kier alpha value is -2.33. The van der Waals surface area contributed by atoms with Crippen LogP contribution >= 0.6 is 0 Å². The predicted octanol–water partition coefficient (Wildman–Crippen LogP) is 3.20. The van der Waals surface area contributed by atoms with Gasteiger partial charge in [-0.1, -0.05) is 36.4 Å².